The van der Waals surface area contributed by atoms with Crippen LogP contribution in [0.4, 0.5) is 4.39 Å². The summed E-state index contributed by atoms with van der Waals surface area (Å²) in [5.74, 6) is -0.219. The van der Waals surface area contributed by atoms with Crippen molar-refractivity contribution >= 4 is 15.9 Å². The molecular weight excluding hydrogens is 325 g/mol. The van der Waals surface area contributed by atoms with E-state index in [0.717, 1.165) is 36.8 Å². The minimum absolute atomic E-state index is 0.00820. The molecule has 2 heterocycles. The van der Waals surface area contributed by atoms with Crippen molar-refractivity contribution in [1.82, 2.24) is 5.32 Å². The van der Waals surface area contributed by atoms with E-state index in [9.17, 15) is 4.39 Å². The van der Waals surface area contributed by atoms with Crippen LogP contribution in [0.5, 0.6) is 0 Å². The maximum Gasteiger partial charge on any atom is 0.128 e. The molecule has 0 saturated carbocycles. The Kier molecular flexibility index (Phi) is 4.40. The van der Waals surface area contributed by atoms with Crippen LogP contribution in [0.3, 0.4) is 0 Å². The highest BCUT2D eigenvalue weighted by Gasteiger charge is 2.41. The predicted octanol–water partition coefficient (Wildman–Crippen LogP) is 3.02. The third-order valence-electron chi connectivity index (χ3n) is 4.17. The minimum Gasteiger partial charge on any atom is -0.372 e. The van der Waals surface area contributed by atoms with E-state index in [1.807, 2.05) is 0 Å². The van der Waals surface area contributed by atoms with E-state index in [1.54, 1.807) is 12.1 Å². The van der Waals surface area contributed by atoms with Crippen LogP contribution in [0.15, 0.2) is 22.7 Å². The maximum atomic E-state index is 13.7. The molecular formula is C15H19BrFNO2. The monoisotopic (exact) mass is 343 g/mol. The molecule has 2 saturated heterocycles. The molecule has 0 aliphatic carbocycles. The molecule has 2 fully saturated rings. The normalized spacial score (nSPS) is 25.2. The summed E-state index contributed by atoms with van der Waals surface area (Å²) in [5, 5.41) is 3.35. The van der Waals surface area contributed by atoms with Crippen molar-refractivity contribution in [2.24, 2.45) is 0 Å². The Balaban J connectivity index is 1.56. The lowest BCUT2D eigenvalue weighted by Crippen LogP contribution is -2.41. The summed E-state index contributed by atoms with van der Waals surface area (Å²) >= 11 is 3.35. The number of hydrogen-bond acceptors (Lipinski definition) is 3. The van der Waals surface area contributed by atoms with Gasteiger partial charge >= 0.3 is 0 Å². The van der Waals surface area contributed by atoms with Gasteiger partial charge in [-0.3, -0.25) is 0 Å². The van der Waals surface area contributed by atoms with E-state index in [0.29, 0.717) is 18.8 Å². The van der Waals surface area contributed by atoms with E-state index in [1.165, 1.54) is 6.07 Å². The van der Waals surface area contributed by atoms with Crippen molar-refractivity contribution in [2.45, 2.75) is 37.6 Å². The zero-order valence-electron chi connectivity index (χ0n) is 11.3. The summed E-state index contributed by atoms with van der Waals surface area (Å²) in [6, 6.07) is 4.93. The van der Waals surface area contributed by atoms with Crippen molar-refractivity contribution in [2.75, 3.05) is 19.7 Å². The van der Waals surface area contributed by atoms with Crippen LogP contribution >= 0.6 is 15.9 Å². The van der Waals surface area contributed by atoms with E-state index in [4.69, 9.17) is 9.47 Å². The molecule has 5 heteroatoms. The SMILES string of the molecule is Fc1ccc(Br)cc1COC1COC2(CCNCC2)C1. The van der Waals surface area contributed by atoms with E-state index >= 15 is 0 Å². The molecule has 0 amide bonds. The summed E-state index contributed by atoms with van der Waals surface area (Å²) in [4.78, 5) is 0. The van der Waals surface area contributed by atoms with Gasteiger partial charge in [-0.05, 0) is 44.1 Å². The van der Waals surface area contributed by atoms with Crippen LogP contribution in [0.25, 0.3) is 0 Å². The summed E-state index contributed by atoms with van der Waals surface area (Å²) in [6.07, 6.45) is 3.08. The van der Waals surface area contributed by atoms with E-state index < -0.39 is 0 Å². The first-order valence-corrected chi connectivity index (χ1v) is 7.86. The summed E-state index contributed by atoms with van der Waals surface area (Å²) in [6.45, 7) is 2.93. The van der Waals surface area contributed by atoms with Gasteiger partial charge < -0.3 is 14.8 Å². The first-order valence-electron chi connectivity index (χ1n) is 7.07. The van der Waals surface area contributed by atoms with E-state index in [-0.39, 0.29) is 17.5 Å². The topological polar surface area (TPSA) is 30.5 Å². The molecule has 1 spiro atoms. The maximum absolute atomic E-state index is 13.7. The Bertz CT molecular complexity index is 477. The van der Waals surface area contributed by atoms with Gasteiger partial charge in [0.05, 0.1) is 24.9 Å². The lowest BCUT2D eigenvalue weighted by atomic mass is 9.89. The quantitative estimate of drug-likeness (QED) is 0.914. The molecule has 0 bridgehead atoms. The Morgan fingerprint density at radius 1 is 1.40 bits per heavy atom. The molecule has 2 aliphatic rings. The molecule has 1 unspecified atom stereocenters. The predicted molar refractivity (Wildman–Crippen MR) is 78.1 cm³/mol. The van der Waals surface area contributed by atoms with Crippen LogP contribution in [-0.2, 0) is 16.1 Å². The fraction of sp³-hybridized carbons (Fsp3) is 0.600. The summed E-state index contributed by atoms with van der Waals surface area (Å²) in [7, 11) is 0. The molecule has 20 heavy (non-hydrogen) atoms. The largest absolute Gasteiger partial charge is 0.372 e. The first-order chi connectivity index (χ1) is 9.67. The lowest BCUT2D eigenvalue weighted by Gasteiger charge is -2.32. The average Bonchev–Trinajstić information content (AvgIpc) is 2.84. The number of halogens is 2. The van der Waals surface area contributed by atoms with Gasteiger partial charge in [-0.1, -0.05) is 15.9 Å². The van der Waals surface area contributed by atoms with Crippen molar-refractivity contribution in [3.63, 3.8) is 0 Å². The van der Waals surface area contributed by atoms with Crippen molar-refractivity contribution in [3.05, 3.63) is 34.1 Å². The van der Waals surface area contributed by atoms with Crippen molar-refractivity contribution in [1.29, 1.82) is 0 Å². The van der Waals surface area contributed by atoms with Gasteiger partial charge in [-0.25, -0.2) is 4.39 Å². The molecule has 1 N–H and O–H groups in total. The minimum atomic E-state index is -0.219. The van der Waals surface area contributed by atoms with Gasteiger partial charge in [-0.2, -0.15) is 0 Å². The second kappa shape index (κ2) is 6.10. The Morgan fingerprint density at radius 2 is 2.20 bits per heavy atom. The van der Waals surface area contributed by atoms with Gasteiger partial charge in [0, 0.05) is 16.5 Å². The fourth-order valence-corrected chi connectivity index (χ4v) is 3.41. The Hall–Kier alpha value is -0.490. The number of rotatable bonds is 3. The number of benzene rings is 1. The third-order valence-corrected chi connectivity index (χ3v) is 4.67. The number of ether oxygens (including phenoxy) is 2. The zero-order chi connectivity index (χ0) is 14.0. The average molecular weight is 344 g/mol. The number of hydrogen-bond donors (Lipinski definition) is 1. The molecule has 0 radical (unpaired) electrons. The van der Waals surface area contributed by atoms with Gasteiger partial charge in [0.2, 0.25) is 0 Å². The summed E-state index contributed by atoms with van der Waals surface area (Å²) < 4.78 is 26.3. The third kappa shape index (κ3) is 3.22. The molecule has 1 aromatic carbocycles. The van der Waals surface area contributed by atoms with Crippen LogP contribution in [0.2, 0.25) is 0 Å². The second-order valence-corrected chi connectivity index (χ2v) is 6.53. The first kappa shape index (κ1) is 14.4. The molecule has 0 aromatic heterocycles. The lowest BCUT2D eigenvalue weighted by molar-refractivity contribution is -0.0241. The molecule has 1 atom stereocenters. The number of piperidine rings is 1. The zero-order valence-corrected chi connectivity index (χ0v) is 12.9. The summed E-state index contributed by atoms with van der Waals surface area (Å²) in [5.41, 5.74) is 0.580. The van der Waals surface area contributed by atoms with Crippen LogP contribution in [0, 0.1) is 5.82 Å². The fourth-order valence-electron chi connectivity index (χ4n) is 3.00. The smallest absolute Gasteiger partial charge is 0.128 e. The highest BCUT2D eigenvalue weighted by atomic mass is 79.9. The van der Waals surface area contributed by atoms with Crippen LogP contribution in [0.1, 0.15) is 24.8 Å². The highest BCUT2D eigenvalue weighted by Crippen LogP contribution is 2.35. The number of nitrogens with one attached hydrogen (secondary N) is 1. The molecule has 3 nitrogen and oxygen atoms in total. The van der Waals surface area contributed by atoms with Crippen LogP contribution < -0.4 is 5.32 Å². The van der Waals surface area contributed by atoms with Gasteiger partial charge in [0.1, 0.15) is 5.82 Å². The van der Waals surface area contributed by atoms with Crippen LogP contribution in [-0.4, -0.2) is 31.4 Å². The molecule has 1 aromatic rings. The molecule has 110 valence electrons. The van der Waals surface area contributed by atoms with E-state index in [2.05, 4.69) is 21.2 Å². The van der Waals surface area contributed by atoms with Crippen molar-refractivity contribution < 1.29 is 13.9 Å². The van der Waals surface area contributed by atoms with Gasteiger partial charge in [-0.15, -0.1) is 0 Å². The van der Waals surface area contributed by atoms with Gasteiger partial charge in [0.15, 0.2) is 0 Å². The second-order valence-electron chi connectivity index (χ2n) is 5.62. The Morgan fingerprint density at radius 3 is 3.00 bits per heavy atom. The van der Waals surface area contributed by atoms with Crippen molar-refractivity contribution in [3.8, 4) is 0 Å². The molecule has 3 rings (SSSR count). The standard InChI is InChI=1S/C15H19BrFNO2/c16-12-1-2-14(17)11(7-12)9-19-13-8-15(20-10-13)3-5-18-6-4-15/h1-2,7,13,18H,3-6,8-10H2. The Labute approximate surface area is 127 Å². The highest BCUT2D eigenvalue weighted by molar-refractivity contribution is 9.10. The van der Waals surface area contributed by atoms with Gasteiger partial charge in [0.25, 0.3) is 0 Å². The molecule has 2 aliphatic heterocycles.